The maximum atomic E-state index is 11.6. The number of hydrogen-bond donors (Lipinski definition) is 0. The maximum absolute atomic E-state index is 11.6. The largest absolute Gasteiger partial charge is 0.490 e. The van der Waals surface area contributed by atoms with E-state index >= 15 is 0 Å². The Bertz CT molecular complexity index is 994. The van der Waals surface area contributed by atoms with E-state index in [9.17, 15) is 4.79 Å². The van der Waals surface area contributed by atoms with Gasteiger partial charge in [-0.1, -0.05) is 17.3 Å². The molecule has 2 aromatic carbocycles. The lowest BCUT2D eigenvalue weighted by atomic mass is 10.1. The molecule has 6 nitrogen and oxygen atoms in total. The van der Waals surface area contributed by atoms with Crippen molar-refractivity contribution in [3.63, 3.8) is 0 Å². The molecule has 1 heterocycles. The first kappa shape index (κ1) is 17.3. The molecule has 138 valence electrons. The quantitative estimate of drug-likeness (QED) is 0.661. The van der Waals surface area contributed by atoms with Crippen LogP contribution in [-0.4, -0.2) is 29.1 Å². The summed E-state index contributed by atoms with van der Waals surface area (Å²) in [5, 5.41) is 4.10. The van der Waals surface area contributed by atoms with E-state index in [0.29, 0.717) is 49.3 Å². The van der Waals surface area contributed by atoms with Gasteiger partial charge in [-0.3, -0.25) is 4.79 Å². The first-order valence-corrected chi connectivity index (χ1v) is 9.05. The third kappa shape index (κ3) is 3.43. The van der Waals surface area contributed by atoms with E-state index < -0.39 is 0 Å². The Balaban J connectivity index is 1.64. The zero-order valence-electron chi connectivity index (χ0n) is 15.3. The summed E-state index contributed by atoms with van der Waals surface area (Å²) in [7, 11) is 0. The fraction of sp³-hybridized carbons (Fsp3) is 0.286. The van der Waals surface area contributed by atoms with E-state index in [2.05, 4.69) is 10.1 Å². The van der Waals surface area contributed by atoms with Crippen LogP contribution in [0.3, 0.4) is 0 Å². The van der Waals surface area contributed by atoms with Crippen LogP contribution in [0.15, 0.2) is 40.9 Å². The number of carbonyl (C=O) groups is 1. The van der Waals surface area contributed by atoms with Crippen LogP contribution in [0.5, 0.6) is 11.5 Å². The second-order valence-corrected chi connectivity index (χ2v) is 6.33. The van der Waals surface area contributed by atoms with Gasteiger partial charge < -0.3 is 14.0 Å². The van der Waals surface area contributed by atoms with Crippen LogP contribution in [-0.2, 0) is 17.6 Å². The second kappa shape index (κ2) is 7.23. The average molecular weight is 364 g/mol. The van der Waals surface area contributed by atoms with E-state index in [-0.39, 0.29) is 5.78 Å². The fourth-order valence-corrected chi connectivity index (χ4v) is 3.23. The van der Waals surface area contributed by atoms with Crippen molar-refractivity contribution < 1.29 is 18.8 Å². The normalized spacial score (nSPS) is 12.9. The minimum atomic E-state index is 0.244. The molecule has 0 fully saturated rings. The fourth-order valence-electron chi connectivity index (χ4n) is 3.23. The number of benzene rings is 2. The molecule has 0 unspecified atom stereocenters. The lowest BCUT2D eigenvalue weighted by Crippen LogP contribution is -1.98. The van der Waals surface area contributed by atoms with Gasteiger partial charge in [0.2, 0.25) is 5.82 Å². The van der Waals surface area contributed by atoms with Gasteiger partial charge in [0.1, 0.15) is 5.78 Å². The van der Waals surface area contributed by atoms with E-state index in [1.165, 1.54) is 0 Å². The predicted octanol–water partition coefficient (Wildman–Crippen LogP) is 3.87. The summed E-state index contributed by atoms with van der Waals surface area (Å²) < 4.78 is 16.7. The van der Waals surface area contributed by atoms with E-state index in [4.69, 9.17) is 14.0 Å². The maximum Gasteiger partial charge on any atom is 0.258 e. The number of hydrogen-bond acceptors (Lipinski definition) is 6. The summed E-state index contributed by atoms with van der Waals surface area (Å²) in [5.41, 5.74) is 3.73. The van der Waals surface area contributed by atoms with Crippen LogP contribution in [0.1, 0.15) is 25.0 Å². The monoisotopic (exact) mass is 364 g/mol. The highest BCUT2D eigenvalue weighted by Crippen LogP contribution is 2.33. The number of fused-ring (bicyclic) bond motifs is 1. The summed E-state index contributed by atoms with van der Waals surface area (Å²) in [4.78, 5) is 16.1. The van der Waals surface area contributed by atoms with Crippen molar-refractivity contribution in [1.29, 1.82) is 0 Å². The Morgan fingerprint density at radius 2 is 1.67 bits per heavy atom. The Hall–Kier alpha value is -3.15. The van der Waals surface area contributed by atoms with Gasteiger partial charge in [0.15, 0.2) is 11.5 Å². The van der Waals surface area contributed by atoms with E-state index in [0.717, 1.165) is 22.3 Å². The van der Waals surface area contributed by atoms with Crippen molar-refractivity contribution in [2.75, 3.05) is 13.2 Å². The lowest BCUT2D eigenvalue weighted by Gasteiger charge is -2.11. The molecule has 27 heavy (non-hydrogen) atoms. The molecule has 0 saturated heterocycles. The van der Waals surface area contributed by atoms with Crippen LogP contribution >= 0.6 is 0 Å². The average Bonchev–Trinajstić information content (AvgIpc) is 3.28. The standard InChI is InChI=1S/C21H20N2O4/c1-3-25-18-8-7-15(12-19(18)26-4-2)21-22-20(23-27-21)14-6-5-13-10-17(24)11-16(13)9-14/h5-9,12H,3-4,10-11H2,1-2H3. The SMILES string of the molecule is CCOc1ccc(-c2nc(-c3ccc4c(c3)CC(=O)C4)no2)cc1OCC. The van der Waals surface area contributed by atoms with Crippen molar-refractivity contribution >= 4 is 5.78 Å². The summed E-state index contributed by atoms with van der Waals surface area (Å²) in [6.07, 6.45) is 0.990. The molecule has 1 aliphatic carbocycles. The first-order chi connectivity index (χ1) is 13.2. The number of ether oxygens (including phenoxy) is 2. The minimum absolute atomic E-state index is 0.244. The van der Waals surface area contributed by atoms with Crippen LogP contribution in [0, 0.1) is 0 Å². The molecule has 0 bridgehead atoms. The summed E-state index contributed by atoms with van der Waals surface area (Å²) in [5.74, 6) is 2.48. The molecule has 3 aromatic rings. The van der Waals surface area contributed by atoms with Crippen molar-refractivity contribution in [2.45, 2.75) is 26.7 Å². The van der Waals surface area contributed by atoms with Crippen molar-refractivity contribution in [3.05, 3.63) is 47.5 Å². The molecule has 0 radical (unpaired) electrons. The zero-order chi connectivity index (χ0) is 18.8. The zero-order valence-corrected chi connectivity index (χ0v) is 15.3. The molecule has 0 aliphatic heterocycles. The Morgan fingerprint density at radius 1 is 0.926 bits per heavy atom. The molecule has 1 aliphatic rings. The smallest absolute Gasteiger partial charge is 0.258 e. The molecule has 0 N–H and O–H groups in total. The summed E-state index contributed by atoms with van der Waals surface area (Å²) in [6, 6.07) is 11.4. The van der Waals surface area contributed by atoms with Gasteiger partial charge >= 0.3 is 0 Å². The van der Waals surface area contributed by atoms with Crippen LogP contribution in [0.4, 0.5) is 0 Å². The first-order valence-electron chi connectivity index (χ1n) is 9.05. The third-order valence-electron chi connectivity index (χ3n) is 4.46. The van der Waals surface area contributed by atoms with E-state index in [1.54, 1.807) is 0 Å². The van der Waals surface area contributed by atoms with Crippen molar-refractivity contribution in [3.8, 4) is 34.3 Å². The molecule has 4 rings (SSSR count). The molecular formula is C21H20N2O4. The lowest BCUT2D eigenvalue weighted by molar-refractivity contribution is -0.117. The minimum Gasteiger partial charge on any atom is -0.490 e. The Morgan fingerprint density at radius 3 is 2.48 bits per heavy atom. The van der Waals surface area contributed by atoms with Gasteiger partial charge in [0.25, 0.3) is 5.89 Å². The van der Waals surface area contributed by atoms with Crippen LogP contribution in [0.25, 0.3) is 22.8 Å². The molecule has 0 spiro atoms. The molecule has 6 heteroatoms. The van der Waals surface area contributed by atoms with Gasteiger partial charge in [0.05, 0.1) is 13.2 Å². The number of carbonyl (C=O) groups excluding carboxylic acids is 1. The molecular weight excluding hydrogens is 344 g/mol. The third-order valence-corrected chi connectivity index (χ3v) is 4.46. The van der Waals surface area contributed by atoms with Crippen molar-refractivity contribution in [2.24, 2.45) is 0 Å². The Labute approximate surface area is 157 Å². The van der Waals surface area contributed by atoms with Gasteiger partial charge in [-0.05, 0) is 49.2 Å². The van der Waals surface area contributed by atoms with E-state index in [1.807, 2.05) is 50.2 Å². The van der Waals surface area contributed by atoms with Crippen LogP contribution in [0.2, 0.25) is 0 Å². The van der Waals surface area contributed by atoms with Gasteiger partial charge in [-0.2, -0.15) is 4.98 Å². The van der Waals surface area contributed by atoms with Gasteiger partial charge in [0, 0.05) is 24.0 Å². The van der Waals surface area contributed by atoms with Crippen molar-refractivity contribution in [1.82, 2.24) is 10.1 Å². The van der Waals surface area contributed by atoms with Gasteiger partial charge in [-0.15, -0.1) is 0 Å². The Kier molecular flexibility index (Phi) is 4.62. The molecule has 0 atom stereocenters. The molecule has 0 saturated carbocycles. The number of rotatable bonds is 6. The number of ketones is 1. The number of Topliss-reactive ketones (excluding diaryl/α,β-unsaturated/α-hetero) is 1. The second-order valence-electron chi connectivity index (χ2n) is 6.33. The highest BCUT2D eigenvalue weighted by Gasteiger charge is 2.20. The summed E-state index contributed by atoms with van der Waals surface area (Å²) >= 11 is 0. The van der Waals surface area contributed by atoms with Gasteiger partial charge in [-0.25, -0.2) is 0 Å². The highest BCUT2D eigenvalue weighted by atomic mass is 16.5. The molecule has 1 aromatic heterocycles. The summed E-state index contributed by atoms with van der Waals surface area (Å²) in [6.45, 7) is 4.95. The predicted molar refractivity (Wildman–Crippen MR) is 99.9 cm³/mol. The molecule has 0 amide bonds. The van der Waals surface area contributed by atoms with Crippen LogP contribution < -0.4 is 9.47 Å². The highest BCUT2D eigenvalue weighted by molar-refractivity contribution is 5.88. The topological polar surface area (TPSA) is 74.5 Å². The number of aromatic nitrogens is 2. The number of nitrogens with zero attached hydrogens (tertiary/aromatic N) is 2.